The molecule has 4 nitrogen and oxygen atoms in total. The van der Waals surface area contributed by atoms with E-state index in [-0.39, 0.29) is 0 Å². The van der Waals surface area contributed by atoms with Crippen molar-refractivity contribution in [1.29, 1.82) is 0 Å². The zero-order valence-electron chi connectivity index (χ0n) is 9.31. The summed E-state index contributed by atoms with van der Waals surface area (Å²) >= 11 is 5.86. The first kappa shape index (κ1) is 10.7. The Labute approximate surface area is 105 Å². The fourth-order valence-electron chi connectivity index (χ4n) is 2.07. The predicted molar refractivity (Wildman–Crippen MR) is 67.0 cm³/mol. The Balaban J connectivity index is 1.86. The van der Waals surface area contributed by atoms with Crippen LogP contribution in [0.2, 0.25) is 5.02 Å². The van der Waals surface area contributed by atoms with Gasteiger partial charge in [0, 0.05) is 17.1 Å². The molecule has 1 aliphatic rings. The van der Waals surface area contributed by atoms with E-state index in [4.69, 9.17) is 11.6 Å². The molecule has 1 unspecified atom stereocenters. The summed E-state index contributed by atoms with van der Waals surface area (Å²) in [5, 5.41) is 12.5. The van der Waals surface area contributed by atoms with Crippen molar-refractivity contribution < 1.29 is 0 Å². The summed E-state index contributed by atoms with van der Waals surface area (Å²) in [4.78, 5) is 0. The average molecular weight is 249 g/mol. The van der Waals surface area contributed by atoms with E-state index in [2.05, 4.69) is 15.6 Å². The second-order valence-corrected chi connectivity index (χ2v) is 4.67. The highest BCUT2D eigenvalue weighted by Crippen LogP contribution is 2.21. The van der Waals surface area contributed by atoms with Gasteiger partial charge in [0.25, 0.3) is 0 Å². The monoisotopic (exact) mass is 248 g/mol. The quantitative estimate of drug-likeness (QED) is 0.886. The number of nitrogens with zero attached hydrogens (tertiary/aromatic N) is 3. The number of halogens is 1. The molecule has 0 saturated carbocycles. The molecule has 0 radical (unpaired) electrons. The van der Waals surface area contributed by atoms with Crippen LogP contribution in [0.25, 0.3) is 11.3 Å². The summed E-state index contributed by atoms with van der Waals surface area (Å²) in [7, 11) is 0. The zero-order valence-corrected chi connectivity index (χ0v) is 10.1. The van der Waals surface area contributed by atoms with E-state index in [1.807, 2.05) is 35.1 Å². The molecule has 2 aromatic rings. The van der Waals surface area contributed by atoms with E-state index in [0.29, 0.717) is 6.04 Å². The fraction of sp³-hybridized carbons (Fsp3) is 0.333. The van der Waals surface area contributed by atoms with Crippen LogP contribution in [-0.4, -0.2) is 28.1 Å². The third-order valence-electron chi connectivity index (χ3n) is 3.06. The van der Waals surface area contributed by atoms with Gasteiger partial charge in [-0.25, -0.2) is 4.68 Å². The van der Waals surface area contributed by atoms with Gasteiger partial charge in [-0.1, -0.05) is 28.9 Å². The molecule has 1 N–H and O–H groups in total. The lowest BCUT2D eigenvalue weighted by Gasteiger charge is -2.06. The third kappa shape index (κ3) is 2.18. The first-order valence-corrected chi connectivity index (χ1v) is 6.09. The van der Waals surface area contributed by atoms with Crippen LogP contribution in [0.4, 0.5) is 0 Å². The molecule has 17 heavy (non-hydrogen) atoms. The molecular weight excluding hydrogens is 236 g/mol. The standard InChI is InChI=1S/C12H13ClN4/c13-10-3-1-9(2-4-10)12-8-17(16-15-12)11-5-6-14-7-11/h1-4,8,11,14H,5-7H2. The highest BCUT2D eigenvalue weighted by Gasteiger charge is 2.17. The Hall–Kier alpha value is -1.39. The summed E-state index contributed by atoms with van der Waals surface area (Å²) in [5.74, 6) is 0. The third-order valence-corrected chi connectivity index (χ3v) is 3.31. The van der Waals surface area contributed by atoms with E-state index in [0.717, 1.165) is 35.8 Å². The van der Waals surface area contributed by atoms with Gasteiger partial charge in [-0.15, -0.1) is 5.10 Å². The van der Waals surface area contributed by atoms with Crippen LogP contribution in [-0.2, 0) is 0 Å². The van der Waals surface area contributed by atoms with Crippen LogP contribution in [0.5, 0.6) is 0 Å². The van der Waals surface area contributed by atoms with E-state index in [9.17, 15) is 0 Å². The minimum absolute atomic E-state index is 0.434. The molecule has 1 atom stereocenters. The second kappa shape index (κ2) is 4.47. The van der Waals surface area contributed by atoms with E-state index < -0.39 is 0 Å². The molecule has 2 heterocycles. The van der Waals surface area contributed by atoms with Crippen molar-refractivity contribution in [1.82, 2.24) is 20.3 Å². The normalized spacial score (nSPS) is 19.7. The summed E-state index contributed by atoms with van der Waals surface area (Å²) in [6.07, 6.45) is 3.12. The highest BCUT2D eigenvalue weighted by molar-refractivity contribution is 6.30. The van der Waals surface area contributed by atoms with Crippen molar-refractivity contribution >= 4 is 11.6 Å². The Morgan fingerprint density at radius 3 is 2.82 bits per heavy atom. The molecule has 1 aromatic carbocycles. The number of aromatic nitrogens is 3. The van der Waals surface area contributed by atoms with Gasteiger partial charge in [0.2, 0.25) is 0 Å². The number of hydrogen-bond acceptors (Lipinski definition) is 3. The fourth-order valence-corrected chi connectivity index (χ4v) is 2.20. The molecule has 1 aromatic heterocycles. The van der Waals surface area contributed by atoms with Crippen molar-refractivity contribution in [2.45, 2.75) is 12.5 Å². The van der Waals surface area contributed by atoms with Gasteiger partial charge in [0.1, 0.15) is 5.69 Å². The maximum atomic E-state index is 5.86. The maximum Gasteiger partial charge on any atom is 0.113 e. The molecule has 0 bridgehead atoms. The zero-order chi connectivity index (χ0) is 11.7. The molecule has 1 saturated heterocycles. The predicted octanol–water partition coefficient (Wildman–Crippen LogP) is 2.13. The van der Waals surface area contributed by atoms with Crippen LogP contribution in [0.15, 0.2) is 30.5 Å². The Morgan fingerprint density at radius 1 is 1.29 bits per heavy atom. The lowest BCUT2D eigenvalue weighted by atomic mass is 10.2. The topological polar surface area (TPSA) is 42.7 Å². The van der Waals surface area contributed by atoms with Crippen LogP contribution < -0.4 is 5.32 Å². The molecule has 1 fully saturated rings. The molecule has 0 spiro atoms. The Bertz CT molecular complexity index is 499. The minimum Gasteiger partial charge on any atom is -0.315 e. The Morgan fingerprint density at radius 2 is 2.12 bits per heavy atom. The number of nitrogens with one attached hydrogen (secondary N) is 1. The lowest BCUT2D eigenvalue weighted by Crippen LogP contribution is -2.13. The number of rotatable bonds is 2. The van der Waals surface area contributed by atoms with Crippen molar-refractivity contribution in [2.24, 2.45) is 0 Å². The summed E-state index contributed by atoms with van der Waals surface area (Å²) in [6.45, 7) is 2.03. The second-order valence-electron chi connectivity index (χ2n) is 4.24. The van der Waals surface area contributed by atoms with Crippen molar-refractivity contribution in [3.63, 3.8) is 0 Å². The maximum absolute atomic E-state index is 5.86. The number of benzene rings is 1. The van der Waals surface area contributed by atoms with Gasteiger partial charge >= 0.3 is 0 Å². The first-order chi connectivity index (χ1) is 8.33. The molecule has 88 valence electrons. The molecule has 1 aliphatic heterocycles. The van der Waals surface area contributed by atoms with Crippen molar-refractivity contribution in [3.8, 4) is 11.3 Å². The van der Waals surface area contributed by atoms with Gasteiger partial charge in [-0.2, -0.15) is 0 Å². The number of hydrogen-bond donors (Lipinski definition) is 1. The van der Waals surface area contributed by atoms with Crippen molar-refractivity contribution in [2.75, 3.05) is 13.1 Å². The van der Waals surface area contributed by atoms with E-state index >= 15 is 0 Å². The first-order valence-electron chi connectivity index (χ1n) is 5.71. The van der Waals surface area contributed by atoms with E-state index in [1.54, 1.807) is 0 Å². The van der Waals surface area contributed by atoms with Crippen LogP contribution >= 0.6 is 11.6 Å². The van der Waals surface area contributed by atoms with Crippen LogP contribution in [0, 0.1) is 0 Å². The average Bonchev–Trinajstić information content (AvgIpc) is 3.00. The van der Waals surface area contributed by atoms with Gasteiger partial charge in [0.15, 0.2) is 0 Å². The van der Waals surface area contributed by atoms with Crippen LogP contribution in [0.1, 0.15) is 12.5 Å². The lowest BCUT2D eigenvalue weighted by molar-refractivity contribution is 0.476. The molecule has 0 aliphatic carbocycles. The Kier molecular flexibility index (Phi) is 2.82. The van der Waals surface area contributed by atoms with Crippen LogP contribution in [0.3, 0.4) is 0 Å². The smallest absolute Gasteiger partial charge is 0.113 e. The van der Waals surface area contributed by atoms with Gasteiger partial charge < -0.3 is 5.32 Å². The summed E-state index contributed by atoms with van der Waals surface area (Å²) < 4.78 is 1.95. The van der Waals surface area contributed by atoms with Gasteiger partial charge in [-0.3, -0.25) is 0 Å². The molecule has 5 heteroatoms. The van der Waals surface area contributed by atoms with E-state index in [1.165, 1.54) is 0 Å². The summed E-state index contributed by atoms with van der Waals surface area (Å²) in [5.41, 5.74) is 1.94. The van der Waals surface area contributed by atoms with Gasteiger partial charge in [0.05, 0.1) is 12.2 Å². The summed E-state index contributed by atoms with van der Waals surface area (Å²) in [6, 6.07) is 8.09. The molecule has 3 rings (SSSR count). The molecule has 0 amide bonds. The largest absolute Gasteiger partial charge is 0.315 e. The SMILES string of the molecule is Clc1ccc(-c2cn(C3CCNC3)nn2)cc1. The minimum atomic E-state index is 0.434. The van der Waals surface area contributed by atoms with Crippen molar-refractivity contribution in [3.05, 3.63) is 35.5 Å². The van der Waals surface area contributed by atoms with Gasteiger partial charge in [-0.05, 0) is 25.1 Å². The highest BCUT2D eigenvalue weighted by atomic mass is 35.5. The molecular formula is C12H13ClN4.